The lowest BCUT2D eigenvalue weighted by atomic mass is 10.0. The highest BCUT2D eigenvalue weighted by Gasteiger charge is 2.09. The number of benzene rings is 4. The molecular weight excluding hydrogens is 492 g/mol. The number of carbonyl (C=O) groups is 1. The summed E-state index contributed by atoms with van der Waals surface area (Å²) in [5.41, 5.74) is 4.68. The fraction of sp³-hybridized carbons (Fsp3) is 0.0400. The summed E-state index contributed by atoms with van der Waals surface area (Å²) in [7, 11) is 0. The molecule has 32 heavy (non-hydrogen) atoms. The Morgan fingerprint density at radius 2 is 1.78 bits per heavy atom. The Morgan fingerprint density at radius 1 is 1.03 bits per heavy atom. The number of nitrogens with zero attached hydrogens (tertiary/aromatic N) is 1. The van der Waals surface area contributed by atoms with E-state index >= 15 is 0 Å². The van der Waals surface area contributed by atoms with Crippen molar-refractivity contribution in [2.75, 3.05) is 0 Å². The molecule has 1 amide bonds. The molecule has 0 saturated heterocycles. The molecule has 5 nitrogen and oxygen atoms in total. The predicted molar refractivity (Wildman–Crippen MR) is 131 cm³/mol. The zero-order valence-electron chi connectivity index (χ0n) is 16.8. The Balaban J connectivity index is 1.50. The predicted octanol–water partition coefficient (Wildman–Crippen LogP) is 6.30. The molecule has 0 aromatic heterocycles. The van der Waals surface area contributed by atoms with Gasteiger partial charge in [0.2, 0.25) is 0 Å². The molecule has 4 aromatic carbocycles. The van der Waals surface area contributed by atoms with Crippen LogP contribution in [0.15, 0.2) is 88.4 Å². The lowest BCUT2D eigenvalue weighted by Crippen LogP contribution is -2.17. The van der Waals surface area contributed by atoms with Crippen molar-refractivity contribution in [3.8, 4) is 11.5 Å². The molecule has 7 heteroatoms. The van der Waals surface area contributed by atoms with E-state index in [1.54, 1.807) is 6.21 Å². The number of amides is 1. The molecule has 0 spiro atoms. The van der Waals surface area contributed by atoms with Gasteiger partial charge in [-0.1, -0.05) is 63.9 Å². The Labute approximate surface area is 198 Å². The van der Waals surface area contributed by atoms with Gasteiger partial charge in [0.25, 0.3) is 5.91 Å². The molecule has 2 N–H and O–H groups in total. The molecule has 160 valence electrons. The number of ether oxygens (including phenoxy) is 1. The van der Waals surface area contributed by atoms with Gasteiger partial charge in [0.1, 0.15) is 18.1 Å². The number of halogens is 2. The van der Waals surface area contributed by atoms with Gasteiger partial charge in [0.15, 0.2) is 0 Å². The SMILES string of the molecule is O=C(N/N=C/c1ccc(OCc2ccc(Br)cc2)c2ccccc12)c1ccc(O)c(Cl)c1. The van der Waals surface area contributed by atoms with Crippen LogP contribution >= 0.6 is 27.5 Å². The maximum Gasteiger partial charge on any atom is 0.271 e. The molecule has 0 aliphatic carbocycles. The molecule has 4 aromatic rings. The maximum absolute atomic E-state index is 12.3. The molecular formula is C25H18BrClN2O3. The van der Waals surface area contributed by atoms with Crippen molar-refractivity contribution in [1.82, 2.24) is 5.43 Å². The number of nitrogens with one attached hydrogen (secondary N) is 1. The molecule has 0 aliphatic heterocycles. The number of fused-ring (bicyclic) bond motifs is 1. The van der Waals surface area contributed by atoms with E-state index < -0.39 is 5.91 Å². The average molecular weight is 510 g/mol. The normalized spacial score (nSPS) is 11.1. The maximum atomic E-state index is 12.3. The van der Waals surface area contributed by atoms with Crippen LogP contribution in [0.2, 0.25) is 5.02 Å². The number of aromatic hydroxyl groups is 1. The number of hydrogen-bond acceptors (Lipinski definition) is 4. The monoisotopic (exact) mass is 508 g/mol. The van der Waals surface area contributed by atoms with E-state index in [9.17, 15) is 9.90 Å². The molecule has 0 atom stereocenters. The molecule has 0 aliphatic rings. The van der Waals surface area contributed by atoms with E-state index in [1.807, 2.05) is 60.7 Å². The van der Waals surface area contributed by atoms with Gasteiger partial charge in [-0.2, -0.15) is 5.10 Å². The fourth-order valence-electron chi connectivity index (χ4n) is 3.15. The molecule has 0 bridgehead atoms. The van der Waals surface area contributed by atoms with E-state index in [0.29, 0.717) is 12.2 Å². The number of phenolic OH excluding ortho intramolecular Hbond substituents is 1. The molecule has 0 heterocycles. The van der Waals surface area contributed by atoms with Gasteiger partial charge in [-0.05, 0) is 53.4 Å². The standard InChI is InChI=1S/C25H18BrClN2O3/c26-19-9-5-16(6-10-19)15-32-24-12-8-18(20-3-1-2-4-21(20)24)14-28-29-25(31)17-7-11-23(30)22(27)13-17/h1-14,30H,15H2,(H,29,31)/b28-14+. The van der Waals surface area contributed by atoms with Crippen molar-refractivity contribution in [3.63, 3.8) is 0 Å². The van der Waals surface area contributed by atoms with Gasteiger partial charge in [0, 0.05) is 21.0 Å². The van der Waals surface area contributed by atoms with Gasteiger partial charge >= 0.3 is 0 Å². The third-order valence-electron chi connectivity index (χ3n) is 4.80. The van der Waals surface area contributed by atoms with Crippen molar-refractivity contribution in [3.05, 3.63) is 105 Å². The highest BCUT2D eigenvalue weighted by atomic mass is 79.9. The first-order chi connectivity index (χ1) is 15.5. The van der Waals surface area contributed by atoms with E-state index in [4.69, 9.17) is 16.3 Å². The van der Waals surface area contributed by atoms with Crippen LogP contribution in [0.4, 0.5) is 0 Å². The second-order valence-corrected chi connectivity index (χ2v) is 8.30. The molecule has 4 rings (SSSR count). The first-order valence-electron chi connectivity index (χ1n) is 9.72. The van der Waals surface area contributed by atoms with Crippen molar-refractivity contribution in [2.24, 2.45) is 5.10 Å². The van der Waals surface area contributed by atoms with Crippen LogP contribution in [0.25, 0.3) is 10.8 Å². The lowest BCUT2D eigenvalue weighted by Gasteiger charge is -2.11. The molecule has 0 saturated carbocycles. The second-order valence-electron chi connectivity index (χ2n) is 6.98. The number of hydrazone groups is 1. The zero-order valence-corrected chi connectivity index (χ0v) is 19.1. The van der Waals surface area contributed by atoms with E-state index in [1.165, 1.54) is 18.2 Å². The van der Waals surface area contributed by atoms with E-state index in [2.05, 4.69) is 26.5 Å². The summed E-state index contributed by atoms with van der Waals surface area (Å²) < 4.78 is 7.08. The second kappa shape index (κ2) is 9.85. The molecule has 0 unspecified atom stereocenters. The van der Waals surface area contributed by atoms with Crippen LogP contribution in [0.5, 0.6) is 11.5 Å². The van der Waals surface area contributed by atoms with Gasteiger partial charge in [-0.15, -0.1) is 0 Å². The lowest BCUT2D eigenvalue weighted by molar-refractivity contribution is 0.0955. The summed E-state index contributed by atoms with van der Waals surface area (Å²) in [6.45, 7) is 0.454. The zero-order chi connectivity index (χ0) is 22.5. The van der Waals surface area contributed by atoms with Crippen LogP contribution in [0.3, 0.4) is 0 Å². The van der Waals surface area contributed by atoms with Gasteiger partial charge in [-0.3, -0.25) is 4.79 Å². The fourth-order valence-corrected chi connectivity index (χ4v) is 3.59. The highest BCUT2D eigenvalue weighted by Crippen LogP contribution is 2.29. The first-order valence-corrected chi connectivity index (χ1v) is 10.9. The van der Waals surface area contributed by atoms with Crippen LogP contribution in [-0.2, 0) is 6.61 Å². The topological polar surface area (TPSA) is 70.9 Å². The highest BCUT2D eigenvalue weighted by molar-refractivity contribution is 9.10. The van der Waals surface area contributed by atoms with Crippen LogP contribution < -0.4 is 10.2 Å². The van der Waals surface area contributed by atoms with Gasteiger partial charge < -0.3 is 9.84 Å². The minimum absolute atomic E-state index is 0.0827. The first kappa shape index (κ1) is 21.9. The summed E-state index contributed by atoms with van der Waals surface area (Å²) >= 11 is 9.29. The quantitative estimate of drug-likeness (QED) is 0.236. The Kier molecular flexibility index (Phi) is 6.73. The van der Waals surface area contributed by atoms with E-state index in [0.717, 1.165) is 32.1 Å². The third-order valence-corrected chi connectivity index (χ3v) is 5.64. The minimum Gasteiger partial charge on any atom is -0.506 e. The van der Waals surface area contributed by atoms with Crippen LogP contribution in [0, 0.1) is 0 Å². The van der Waals surface area contributed by atoms with E-state index in [-0.39, 0.29) is 10.8 Å². The smallest absolute Gasteiger partial charge is 0.271 e. The summed E-state index contributed by atoms with van der Waals surface area (Å²) in [6, 6.07) is 23.8. The van der Waals surface area contributed by atoms with Crippen LogP contribution in [-0.4, -0.2) is 17.2 Å². The number of carbonyl (C=O) groups excluding carboxylic acids is 1. The number of rotatable bonds is 6. The molecule has 0 radical (unpaired) electrons. The largest absolute Gasteiger partial charge is 0.506 e. The summed E-state index contributed by atoms with van der Waals surface area (Å²) in [4.78, 5) is 12.3. The van der Waals surface area contributed by atoms with Gasteiger partial charge in [0.05, 0.1) is 11.2 Å². The van der Waals surface area contributed by atoms with Crippen LogP contribution in [0.1, 0.15) is 21.5 Å². The number of phenols is 1. The van der Waals surface area contributed by atoms with Crippen molar-refractivity contribution < 1.29 is 14.6 Å². The van der Waals surface area contributed by atoms with Crippen molar-refractivity contribution >= 4 is 50.4 Å². The van der Waals surface area contributed by atoms with Crippen molar-refractivity contribution in [2.45, 2.75) is 6.61 Å². The van der Waals surface area contributed by atoms with Gasteiger partial charge in [-0.25, -0.2) is 5.43 Å². The summed E-state index contributed by atoms with van der Waals surface area (Å²) in [6.07, 6.45) is 1.58. The third kappa shape index (κ3) is 5.10. The summed E-state index contributed by atoms with van der Waals surface area (Å²) in [5.74, 6) is 0.256. The Morgan fingerprint density at radius 3 is 2.53 bits per heavy atom. The average Bonchev–Trinajstić information content (AvgIpc) is 2.81. The Hall–Kier alpha value is -3.35. The number of hydrogen-bond donors (Lipinski definition) is 2. The Bertz CT molecular complexity index is 1310. The van der Waals surface area contributed by atoms with Crippen molar-refractivity contribution in [1.29, 1.82) is 0 Å². The minimum atomic E-state index is -0.429. The molecule has 0 fully saturated rings. The summed E-state index contributed by atoms with van der Waals surface area (Å²) in [5, 5.41) is 15.6.